The Bertz CT molecular complexity index is 349. The second-order valence-electron chi connectivity index (χ2n) is 6.33. The van der Waals surface area contributed by atoms with Gasteiger partial charge in [-0.25, -0.2) is 0 Å². The molecule has 0 unspecified atom stereocenters. The highest BCUT2D eigenvalue weighted by molar-refractivity contribution is 5.78. The molecule has 2 saturated heterocycles. The number of nitrogens with one attached hydrogen (secondary N) is 1. The first-order valence-electron chi connectivity index (χ1n) is 8.08. The molecular weight excluding hydrogens is 297 g/mol. The summed E-state index contributed by atoms with van der Waals surface area (Å²) in [6.07, 6.45) is 0.0937. The topological polar surface area (TPSA) is 41.6 Å². The fourth-order valence-electron chi connectivity index (χ4n) is 3.18. The molecule has 1 amide bonds. The fourth-order valence-corrected chi connectivity index (χ4v) is 3.18. The van der Waals surface area contributed by atoms with Crippen molar-refractivity contribution in [1.29, 1.82) is 0 Å². The van der Waals surface area contributed by atoms with E-state index in [0.717, 1.165) is 38.7 Å². The molecular formula is C15H25F3N2O2. The van der Waals surface area contributed by atoms with Gasteiger partial charge in [0.05, 0.1) is 19.1 Å². The van der Waals surface area contributed by atoms with Gasteiger partial charge < -0.3 is 10.1 Å². The van der Waals surface area contributed by atoms with Crippen LogP contribution in [-0.4, -0.2) is 56.4 Å². The van der Waals surface area contributed by atoms with Gasteiger partial charge >= 0.3 is 6.18 Å². The zero-order valence-electron chi connectivity index (χ0n) is 12.8. The van der Waals surface area contributed by atoms with Crippen LogP contribution in [0.5, 0.6) is 0 Å². The summed E-state index contributed by atoms with van der Waals surface area (Å²) in [4.78, 5) is 13.4. The van der Waals surface area contributed by atoms with Crippen molar-refractivity contribution < 1.29 is 22.7 Å². The molecule has 128 valence electrons. The van der Waals surface area contributed by atoms with Crippen molar-refractivity contribution in [2.24, 2.45) is 11.8 Å². The summed E-state index contributed by atoms with van der Waals surface area (Å²) in [5.41, 5.74) is 0. The first-order valence-corrected chi connectivity index (χ1v) is 8.08. The van der Waals surface area contributed by atoms with Gasteiger partial charge in [0, 0.05) is 13.2 Å². The van der Waals surface area contributed by atoms with Crippen LogP contribution in [0.2, 0.25) is 0 Å². The fraction of sp³-hybridized carbons (Fsp3) is 0.933. The lowest BCUT2D eigenvalue weighted by Crippen LogP contribution is -2.41. The van der Waals surface area contributed by atoms with Gasteiger partial charge in [-0.15, -0.1) is 0 Å². The van der Waals surface area contributed by atoms with E-state index in [4.69, 9.17) is 4.74 Å². The quantitative estimate of drug-likeness (QED) is 0.844. The number of nitrogens with zero attached hydrogens (tertiary/aromatic N) is 1. The Balaban J connectivity index is 1.58. The summed E-state index contributed by atoms with van der Waals surface area (Å²) in [5, 5.41) is 2.94. The lowest BCUT2D eigenvalue weighted by Gasteiger charge is -2.32. The van der Waals surface area contributed by atoms with E-state index >= 15 is 0 Å². The Kier molecular flexibility index (Phi) is 6.50. The van der Waals surface area contributed by atoms with Gasteiger partial charge in [0.25, 0.3) is 0 Å². The Labute approximate surface area is 129 Å². The predicted octanol–water partition coefficient (Wildman–Crippen LogP) is 2.19. The van der Waals surface area contributed by atoms with E-state index in [9.17, 15) is 18.0 Å². The van der Waals surface area contributed by atoms with Crippen LogP contribution in [-0.2, 0) is 9.53 Å². The lowest BCUT2D eigenvalue weighted by molar-refractivity contribution is -0.148. The third kappa shape index (κ3) is 6.12. The molecule has 1 atom stereocenters. The molecule has 0 radical (unpaired) electrons. The average Bonchev–Trinajstić information content (AvgIpc) is 2.48. The molecule has 2 heterocycles. The summed E-state index contributed by atoms with van der Waals surface area (Å²) in [7, 11) is 0. The van der Waals surface area contributed by atoms with E-state index in [-0.39, 0.29) is 11.8 Å². The maximum Gasteiger partial charge on any atom is 0.401 e. The molecule has 4 nitrogen and oxygen atoms in total. The molecule has 0 bridgehead atoms. The molecule has 2 aliphatic heterocycles. The van der Waals surface area contributed by atoms with E-state index in [1.165, 1.54) is 4.90 Å². The second-order valence-corrected chi connectivity index (χ2v) is 6.33. The normalized spacial score (nSPS) is 25.1. The number of carbonyl (C=O) groups is 1. The minimum absolute atomic E-state index is 0.0395. The molecule has 0 aromatic carbocycles. The van der Waals surface area contributed by atoms with Crippen LogP contribution in [0.1, 0.15) is 32.1 Å². The summed E-state index contributed by atoms with van der Waals surface area (Å²) >= 11 is 0. The summed E-state index contributed by atoms with van der Waals surface area (Å²) in [5.74, 6) is 0.420. The first kappa shape index (κ1) is 17.5. The van der Waals surface area contributed by atoms with Gasteiger partial charge in [0.2, 0.25) is 5.91 Å². The number of carbonyl (C=O) groups excluding carboxylic acids is 1. The van der Waals surface area contributed by atoms with Crippen LogP contribution >= 0.6 is 0 Å². The SMILES string of the molecule is O=C(NCCC1CCN(CC(F)(F)F)CC1)[C@@H]1CCCOC1. The number of hydrogen-bond donors (Lipinski definition) is 1. The van der Waals surface area contributed by atoms with Gasteiger partial charge in [-0.3, -0.25) is 9.69 Å². The number of amides is 1. The third-order valence-electron chi connectivity index (χ3n) is 4.49. The zero-order valence-corrected chi connectivity index (χ0v) is 12.8. The van der Waals surface area contributed by atoms with Crippen molar-refractivity contribution in [3.63, 3.8) is 0 Å². The van der Waals surface area contributed by atoms with Gasteiger partial charge in [-0.1, -0.05) is 0 Å². The van der Waals surface area contributed by atoms with Crippen LogP contribution < -0.4 is 5.32 Å². The van der Waals surface area contributed by atoms with E-state index in [0.29, 0.717) is 32.2 Å². The van der Waals surface area contributed by atoms with Gasteiger partial charge in [-0.2, -0.15) is 13.2 Å². The first-order chi connectivity index (χ1) is 10.4. The number of halogens is 3. The molecule has 7 heteroatoms. The van der Waals surface area contributed by atoms with Gasteiger partial charge in [0.1, 0.15) is 0 Å². The lowest BCUT2D eigenvalue weighted by atomic mass is 9.93. The Morgan fingerprint density at radius 1 is 1.23 bits per heavy atom. The van der Waals surface area contributed by atoms with Crippen molar-refractivity contribution >= 4 is 5.91 Å². The van der Waals surface area contributed by atoms with Crippen LogP contribution in [0.15, 0.2) is 0 Å². The number of rotatable bonds is 5. The van der Waals surface area contributed by atoms with Crippen LogP contribution in [0.4, 0.5) is 13.2 Å². The molecule has 0 aromatic rings. The summed E-state index contributed by atoms with van der Waals surface area (Å²) in [6, 6.07) is 0. The van der Waals surface area contributed by atoms with Crippen molar-refractivity contribution in [3.8, 4) is 0 Å². The Morgan fingerprint density at radius 3 is 2.55 bits per heavy atom. The molecule has 0 aliphatic carbocycles. The highest BCUT2D eigenvalue weighted by Crippen LogP contribution is 2.24. The summed E-state index contributed by atoms with van der Waals surface area (Å²) in [6.45, 7) is 2.03. The molecule has 22 heavy (non-hydrogen) atoms. The highest BCUT2D eigenvalue weighted by Gasteiger charge is 2.32. The second kappa shape index (κ2) is 8.15. The number of ether oxygens (including phenoxy) is 1. The molecule has 2 fully saturated rings. The molecule has 0 saturated carbocycles. The average molecular weight is 322 g/mol. The third-order valence-corrected chi connectivity index (χ3v) is 4.49. The number of likely N-dealkylation sites (tertiary alicyclic amines) is 1. The molecule has 1 N–H and O–H groups in total. The van der Waals surface area contributed by atoms with Gasteiger partial charge in [0.15, 0.2) is 0 Å². The van der Waals surface area contributed by atoms with Crippen molar-refractivity contribution in [2.75, 3.05) is 39.4 Å². The maximum atomic E-state index is 12.3. The number of piperidine rings is 1. The predicted molar refractivity (Wildman–Crippen MR) is 76.4 cm³/mol. The van der Waals surface area contributed by atoms with Crippen LogP contribution in [0, 0.1) is 11.8 Å². The Hall–Kier alpha value is -0.820. The van der Waals surface area contributed by atoms with Gasteiger partial charge in [-0.05, 0) is 51.1 Å². The molecule has 0 spiro atoms. The number of alkyl halides is 3. The van der Waals surface area contributed by atoms with E-state index in [1.54, 1.807) is 0 Å². The Morgan fingerprint density at radius 2 is 1.95 bits per heavy atom. The van der Waals surface area contributed by atoms with Crippen LogP contribution in [0.25, 0.3) is 0 Å². The van der Waals surface area contributed by atoms with Crippen LogP contribution in [0.3, 0.4) is 0 Å². The standard InChI is InChI=1S/C15H25F3N2O2/c16-15(17,18)11-20-7-4-12(5-8-20)3-6-19-14(21)13-2-1-9-22-10-13/h12-13H,1-11H2,(H,19,21)/t13-/m1/s1. The van der Waals surface area contributed by atoms with E-state index in [1.807, 2.05) is 0 Å². The van der Waals surface area contributed by atoms with E-state index in [2.05, 4.69) is 5.32 Å². The van der Waals surface area contributed by atoms with Crippen molar-refractivity contribution in [3.05, 3.63) is 0 Å². The molecule has 0 aromatic heterocycles. The zero-order chi connectivity index (χ0) is 16.0. The van der Waals surface area contributed by atoms with E-state index < -0.39 is 12.7 Å². The summed E-state index contributed by atoms with van der Waals surface area (Å²) < 4.78 is 42.2. The number of hydrogen-bond acceptors (Lipinski definition) is 3. The smallest absolute Gasteiger partial charge is 0.381 e. The largest absolute Gasteiger partial charge is 0.401 e. The minimum atomic E-state index is -4.11. The maximum absolute atomic E-state index is 12.3. The molecule has 2 rings (SSSR count). The molecule has 2 aliphatic rings. The minimum Gasteiger partial charge on any atom is -0.381 e. The van der Waals surface area contributed by atoms with Crippen molar-refractivity contribution in [1.82, 2.24) is 10.2 Å². The van der Waals surface area contributed by atoms with Crippen molar-refractivity contribution in [2.45, 2.75) is 38.3 Å². The monoisotopic (exact) mass is 322 g/mol. The highest BCUT2D eigenvalue weighted by atomic mass is 19.4.